The molecule has 0 rings (SSSR count). The maximum atomic E-state index is 5.98. The van der Waals surface area contributed by atoms with Crippen LogP contribution in [0.15, 0.2) is 0 Å². The first-order valence-corrected chi connectivity index (χ1v) is 16.0. The first-order chi connectivity index (χ1) is 8.47. The van der Waals surface area contributed by atoms with Crippen molar-refractivity contribution in [2.45, 2.75) is 39.3 Å². The summed E-state index contributed by atoms with van der Waals surface area (Å²) in [6, 6.07) is 0. The van der Waals surface area contributed by atoms with Crippen molar-refractivity contribution in [1.82, 2.24) is 0 Å². The van der Waals surface area contributed by atoms with E-state index in [0.717, 1.165) is 0 Å². The van der Waals surface area contributed by atoms with Gasteiger partial charge in [0.2, 0.25) is 0 Å². The molecule has 0 aromatic rings. The Morgan fingerprint density at radius 1 is 0.526 bits per heavy atom. The Balaban J connectivity index is 4.84. The molecule has 6 nitrogen and oxygen atoms in total. The summed E-state index contributed by atoms with van der Waals surface area (Å²) in [7, 11) is -4.07. The summed E-state index contributed by atoms with van der Waals surface area (Å²) in [4.78, 5) is 0. The van der Waals surface area contributed by atoms with Crippen LogP contribution in [0.25, 0.3) is 0 Å². The van der Waals surface area contributed by atoms with Gasteiger partial charge in [-0.1, -0.05) is 0 Å². The molecule has 0 radical (unpaired) electrons. The van der Waals surface area contributed by atoms with E-state index in [-0.39, 0.29) is 0 Å². The first-order valence-electron chi connectivity index (χ1n) is 6.16. The van der Waals surface area contributed by atoms with Gasteiger partial charge in [0.05, 0.1) is 0 Å². The van der Waals surface area contributed by atoms with Crippen molar-refractivity contribution >= 4 is 35.2 Å². The van der Waals surface area contributed by atoms with Gasteiger partial charge in [-0.25, -0.2) is 0 Å². The molecule has 0 fully saturated rings. The number of rotatable bonds is 9. The average molecular weight is 345 g/mol. The van der Waals surface area contributed by atoms with Crippen molar-refractivity contribution in [1.29, 1.82) is 0 Å². The van der Waals surface area contributed by atoms with Gasteiger partial charge in [0.1, 0.15) is 0 Å². The fourth-order valence-corrected chi connectivity index (χ4v) is 9.50. The summed E-state index contributed by atoms with van der Waals surface area (Å²) in [6.45, 7) is 11.8. The van der Waals surface area contributed by atoms with Gasteiger partial charge < -0.3 is 25.6 Å². The molecule has 0 atom stereocenters. The summed E-state index contributed by atoms with van der Waals surface area (Å²) < 4.78 is 34.2. The van der Waals surface area contributed by atoms with Crippen molar-refractivity contribution in [2.75, 3.05) is 21.3 Å². The van der Waals surface area contributed by atoms with Crippen LogP contribution in [0.2, 0.25) is 39.3 Å². The van der Waals surface area contributed by atoms with Crippen molar-refractivity contribution in [2.24, 2.45) is 0 Å². The third-order valence-electron chi connectivity index (χ3n) is 2.61. The highest BCUT2D eigenvalue weighted by Crippen LogP contribution is 2.17. The molecule has 0 aliphatic rings. The van der Waals surface area contributed by atoms with E-state index in [2.05, 4.69) is 0 Å². The predicted octanol–water partition coefficient (Wildman–Crippen LogP) is 1.80. The van der Waals surface area contributed by atoms with Crippen LogP contribution in [-0.4, -0.2) is 56.5 Å². The smallest absolute Gasteiger partial charge is 0.398 e. The van der Waals surface area contributed by atoms with E-state index in [0.29, 0.717) is 0 Å². The molecular weight excluding hydrogens is 316 g/mol. The van der Waals surface area contributed by atoms with Gasteiger partial charge in [-0.2, -0.15) is 0 Å². The second kappa shape index (κ2) is 7.58. The van der Waals surface area contributed by atoms with Gasteiger partial charge in [0.15, 0.2) is 0 Å². The maximum absolute atomic E-state index is 5.98. The van der Waals surface area contributed by atoms with Gasteiger partial charge >= 0.3 is 35.2 Å². The number of hydrogen-bond acceptors (Lipinski definition) is 6. The van der Waals surface area contributed by atoms with E-state index in [1.165, 1.54) is 0 Å². The van der Waals surface area contributed by atoms with Gasteiger partial charge in [-0.3, -0.25) is 0 Å². The summed E-state index contributed by atoms with van der Waals surface area (Å²) in [5, 5.41) is 0. The lowest BCUT2D eigenvalue weighted by Crippen LogP contribution is -2.53. The van der Waals surface area contributed by atoms with Crippen molar-refractivity contribution in [3.8, 4) is 0 Å². The molecule has 0 unspecified atom stereocenters. The highest BCUT2D eigenvalue weighted by molar-refractivity contribution is 6.79. The Morgan fingerprint density at radius 2 is 0.737 bits per heavy atom. The topological polar surface area (TPSA) is 55.4 Å². The zero-order valence-electron chi connectivity index (χ0n) is 13.5. The fraction of sp³-hybridized carbons (Fsp3) is 1.00. The fourth-order valence-electron chi connectivity index (χ4n) is 0.912. The minimum atomic E-state index is -2.35. The van der Waals surface area contributed by atoms with Gasteiger partial charge in [0, 0.05) is 21.3 Å². The standard InChI is InChI=1S/C9H28O6Si4/c1-10-17(4,5)13-16(14-18(6,7)11-2)15-19(8,9)12-3/h16H,1-9H3. The van der Waals surface area contributed by atoms with Gasteiger partial charge in [0.25, 0.3) is 0 Å². The lowest BCUT2D eigenvalue weighted by Gasteiger charge is -2.34. The largest absolute Gasteiger partial charge is 0.457 e. The zero-order chi connectivity index (χ0) is 15.3. The molecule has 10 heteroatoms. The predicted molar refractivity (Wildman–Crippen MR) is 83.9 cm³/mol. The Labute approximate surface area is 122 Å². The van der Waals surface area contributed by atoms with Crippen LogP contribution < -0.4 is 0 Å². The van der Waals surface area contributed by atoms with E-state index < -0.39 is 35.2 Å². The van der Waals surface area contributed by atoms with Crippen LogP contribution in [0.5, 0.6) is 0 Å². The molecule has 0 saturated carbocycles. The molecule has 0 spiro atoms. The van der Waals surface area contributed by atoms with Gasteiger partial charge in [-0.05, 0) is 39.3 Å². The lowest BCUT2D eigenvalue weighted by molar-refractivity contribution is 0.191. The van der Waals surface area contributed by atoms with E-state index >= 15 is 0 Å². The van der Waals surface area contributed by atoms with E-state index in [1.807, 2.05) is 39.3 Å². The molecule has 116 valence electrons. The summed E-state index contributed by atoms with van der Waals surface area (Å²) >= 11 is 0. The Kier molecular flexibility index (Phi) is 7.83. The third-order valence-corrected chi connectivity index (χ3v) is 14.7. The first kappa shape index (κ1) is 19.6. The molecule has 0 aliphatic heterocycles. The molecular formula is C9H28O6Si4. The molecule has 0 aromatic carbocycles. The van der Waals surface area contributed by atoms with Crippen LogP contribution >= 0.6 is 0 Å². The summed E-state index contributed by atoms with van der Waals surface area (Å²) in [5.41, 5.74) is 0. The van der Waals surface area contributed by atoms with Crippen molar-refractivity contribution < 1.29 is 25.6 Å². The Morgan fingerprint density at radius 3 is 0.895 bits per heavy atom. The highest BCUT2D eigenvalue weighted by atomic mass is 28.5. The van der Waals surface area contributed by atoms with Crippen LogP contribution in [-0.2, 0) is 25.6 Å². The second-order valence-corrected chi connectivity index (χ2v) is 18.5. The molecule has 0 aromatic heterocycles. The molecule has 0 N–H and O–H groups in total. The highest BCUT2D eigenvalue weighted by Gasteiger charge is 2.40. The molecule has 0 amide bonds. The average Bonchev–Trinajstić information content (AvgIpc) is 2.27. The molecule has 0 aliphatic carbocycles. The SMILES string of the molecule is CO[Si](C)(C)O[SiH](O[Si](C)(C)OC)O[Si](C)(C)OC. The van der Waals surface area contributed by atoms with E-state index in [1.54, 1.807) is 21.3 Å². The van der Waals surface area contributed by atoms with Crippen LogP contribution in [0.4, 0.5) is 0 Å². The van der Waals surface area contributed by atoms with Crippen LogP contribution in [0.1, 0.15) is 0 Å². The second-order valence-electron chi connectivity index (χ2n) is 5.45. The van der Waals surface area contributed by atoms with Crippen molar-refractivity contribution in [3.05, 3.63) is 0 Å². The molecule has 0 heterocycles. The van der Waals surface area contributed by atoms with E-state index in [4.69, 9.17) is 25.6 Å². The number of hydrogen-bond donors (Lipinski definition) is 0. The summed E-state index contributed by atoms with van der Waals surface area (Å²) in [6.07, 6.45) is 0. The normalized spacial score (nSPS) is 14.2. The Hall–Kier alpha value is 0.628. The van der Waals surface area contributed by atoms with Crippen LogP contribution in [0, 0.1) is 0 Å². The van der Waals surface area contributed by atoms with E-state index in [9.17, 15) is 0 Å². The molecule has 19 heavy (non-hydrogen) atoms. The van der Waals surface area contributed by atoms with Gasteiger partial charge in [-0.15, -0.1) is 0 Å². The third kappa shape index (κ3) is 8.49. The Bertz CT molecular complexity index is 231. The van der Waals surface area contributed by atoms with Crippen LogP contribution in [0.3, 0.4) is 0 Å². The minimum Gasteiger partial charge on any atom is -0.398 e. The zero-order valence-corrected chi connectivity index (χ0v) is 17.7. The molecule has 0 saturated heterocycles. The monoisotopic (exact) mass is 344 g/mol. The summed E-state index contributed by atoms with van der Waals surface area (Å²) in [5.74, 6) is 0. The molecule has 0 bridgehead atoms. The minimum absolute atomic E-state index is 1.65. The maximum Gasteiger partial charge on any atom is 0.457 e. The van der Waals surface area contributed by atoms with Crippen molar-refractivity contribution in [3.63, 3.8) is 0 Å². The quantitative estimate of drug-likeness (QED) is 0.595. The lowest BCUT2D eigenvalue weighted by atomic mass is 11.8.